The van der Waals surface area contributed by atoms with Crippen molar-refractivity contribution in [1.82, 2.24) is 15.0 Å². The third kappa shape index (κ3) is 2.45. The molecule has 0 bridgehead atoms. The average molecular weight is 247 g/mol. The minimum atomic E-state index is -0.275. The summed E-state index contributed by atoms with van der Waals surface area (Å²) in [4.78, 5) is 10.8. The van der Waals surface area contributed by atoms with E-state index in [9.17, 15) is 9.18 Å². The van der Waals surface area contributed by atoms with Gasteiger partial charge in [0.1, 0.15) is 11.5 Å². The molecular formula is C13H14FN3O. The van der Waals surface area contributed by atoms with Gasteiger partial charge in [0, 0.05) is 5.56 Å². The molecule has 0 saturated carbocycles. The highest BCUT2D eigenvalue weighted by Gasteiger charge is 2.12. The lowest BCUT2D eigenvalue weighted by Gasteiger charge is -2.06. The zero-order valence-electron chi connectivity index (χ0n) is 10.1. The number of aromatic nitrogens is 3. The normalized spacial score (nSPS) is 10.6. The second kappa shape index (κ2) is 5.53. The maximum absolute atomic E-state index is 13.6. The van der Waals surface area contributed by atoms with Crippen LogP contribution in [0.1, 0.15) is 35.1 Å². The summed E-state index contributed by atoms with van der Waals surface area (Å²) >= 11 is 0. The van der Waals surface area contributed by atoms with Gasteiger partial charge in [0.05, 0.1) is 12.2 Å². The van der Waals surface area contributed by atoms with Crippen LogP contribution in [0.2, 0.25) is 0 Å². The Morgan fingerprint density at radius 2 is 2.17 bits per heavy atom. The summed E-state index contributed by atoms with van der Waals surface area (Å²) in [5.41, 5.74) is 1.64. The fourth-order valence-electron chi connectivity index (χ4n) is 1.85. The Bertz CT molecular complexity index is 551. The van der Waals surface area contributed by atoms with Crippen LogP contribution in [0.4, 0.5) is 4.39 Å². The predicted molar refractivity (Wildman–Crippen MR) is 64.9 cm³/mol. The molecule has 0 aliphatic rings. The van der Waals surface area contributed by atoms with E-state index in [1.54, 1.807) is 22.9 Å². The van der Waals surface area contributed by atoms with E-state index < -0.39 is 0 Å². The van der Waals surface area contributed by atoms with E-state index in [2.05, 4.69) is 10.3 Å². The van der Waals surface area contributed by atoms with Crippen LogP contribution in [0.15, 0.2) is 24.3 Å². The average Bonchev–Trinajstić information content (AvgIpc) is 2.75. The molecule has 1 heterocycles. The van der Waals surface area contributed by atoms with Gasteiger partial charge in [0.2, 0.25) is 0 Å². The van der Waals surface area contributed by atoms with E-state index in [1.807, 2.05) is 6.92 Å². The van der Waals surface area contributed by atoms with Gasteiger partial charge in [-0.15, -0.1) is 5.10 Å². The number of hydrogen-bond donors (Lipinski definition) is 0. The van der Waals surface area contributed by atoms with Crippen LogP contribution < -0.4 is 0 Å². The molecular weight excluding hydrogens is 233 g/mol. The van der Waals surface area contributed by atoms with Crippen molar-refractivity contribution in [2.45, 2.75) is 26.3 Å². The molecule has 0 radical (unpaired) electrons. The van der Waals surface area contributed by atoms with Gasteiger partial charge in [-0.2, -0.15) is 0 Å². The number of nitrogens with zero attached hydrogens (tertiary/aromatic N) is 3. The van der Waals surface area contributed by atoms with Crippen LogP contribution >= 0.6 is 0 Å². The maximum Gasteiger partial charge on any atom is 0.172 e. The van der Waals surface area contributed by atoms with Gasteiger partial charge in [-0.05, 0) is 12.5 Å². The van der Waals surface area contributed by atoms with Crippen molar-refractivity contribution in [2.24, 2.45) is 0 Å². The molecule has 0 aliphatic carbocycles. The zero-order valence-corrected chi connectivity index (χ0v) is 10.1. The van der Waals surface area contributed by atoms with Crippen LogP contribution in [0, 0.1) is 5.82 Å². The van der Waals surface area contributed by atoms with E-state index in [1.165, 1.54) is 6.07 Å². The fourth-order valence-corrected chi connectivity index (χ4v) is 1.85. The van der Waals surface area contributed by atoms with Gasteiger partial charge in [-0.1, -0.05) is 36.8 Å². The third-order valence-corrected chi connectivity index (χ3v) is 2.74. The van der Waals surface area contributed by atoms with Crippen molar-refractivity contribution in [3.8, 4) is 0 Å². The summed E-state index contributed by atoms with van der Waals surface area (Å²) in [7, 11) is 0. The molecule has 0 saturated heterocycles. The van der Waals surface area contributed by atoms with Crippen molar-refractivity contribution in [1.29, 1.82) is 0 Å². The number of hydrogen-bond acceptors (Lipinski definition) is 3. The molecule has 0 amide bonds. The summed E-state index contributed by atoms with van der Waals surface area (Å²) in [5.74, 6) is -0.275. The third-order valence-electron chi connectivity index (χ3n) is 2.74. The van der Waals surface area contributed by atoms with E-state index in [-0.39, 0.29) is 5.82 Å². The minimum Gasteiger partial charge on any atom is -0.296 e. The molecule has 1 aromatic carbocycles. The molecule has 0 fully saturated rings. The second-order valence-electron chi connectivity index (χ2n) is 4.04. The van der Waals surface area contributed by atoms with Gasteiger partial charge in [-0.25, -0.2) is 9.07 Å². The van der Waals surface area contributed by atoms with Crippen molar-refractivity contribution >= 4 is 6.29 Å². The van der Waals surface area contributed by atoms with Crippen molar-refractivity contribution in [3.05, 3.63) is 47.0 Å². The van der Waals surface area contributed by atoms with Crippen LogP contribution in [0.25, 0.3) is 0 Å². The molecule has 5 heteroatoms. The summed E-state index contributed by atoms with van der Waals surface area (Å²) in [5, 5.41) is 7.71. The van der Waals surface area contributed by atoms with Crippen LogP contribution in [0.5, 0.6) is 0 Å². The molecule has 4 nitrogen and oxygen atoms in total. The lowest BCUT2D eigenvalue weighted by Crippen LogP contribution is -2.08. The van der Waals surface area contributed by atoms with Crippen LogP contribution in [0.3, 0.4) is 0 Å². The minimum absolute atomic E-state index is 0.275. The molecule has 1 aromatic heterocycles. The van der Waals surface area contributed by atoms with E-state index in [4.69, 9.17) is 0 Å². The van der Waals surface area contributed by atoms with Gasteiger partial charge < -0.3 is 0 Å². The van der Waals surface area contributed by atoms with Gasteiger partial charge in [0.25, 0.3) is 0 Å². The van der Waals surface area contributed by atoms with Gasteiger partial charge in [0.15, 0.2) is 6.29 Å². The Morgan fingerprint density at radius 1 is 1.39 bits per heavy atom. The van der Waals surface area contributed by atoms with Crippen LogP contribution in [-0.2, 0) is 13.0 Å². The van der Waals surface area contributed by atoms with Crippen molar-refractivity contribution < 1.29 is 9.18 Å². The molecule has 0 aliphatic heterocycles. The highest BCUT2D eigenvalue weighted by Crippen LogP contribution is 2.12. The Hall–Kier alpha value is -2.04. The number of carbonyl (C=O) groups is 1. The highest BCUT2D eigenvalue weighted by atomic mass is 19.1. The largest absolute Gasteiger partial charge is 0.296 e. The summed E-state index contributed by atoms with van der Waals surface area (Å²) in [6.07, 6.45) is 2.27. The fraction of sp³-hybridized carbons (Fsp3) is 0.308. The first-order valence-corrected chi connectivity index (χ1v) is 5.87. The zero-order chi connectivity index (χ0) is 13.0. The SMILES string of the molecule is CCCc1c(C=O)nnn1Cc1ccccc1F. The first-order chi connectivity index (χ1) is 8.76. The Labute approximate surface area is 104 Å². The lowest BCUT2D eigenvalue weighted by molar-refractivity contribution is 0.111. The molecule has 0 atom stereocenters. The number of benzene rings is 1. The summed E-state index contributed by atoms with van der Waals surface area (Å²) in [6.45, 7) is 2.30. The maximum atomic E-state index is 13.6. The summed E-state index contributed by atoms with van der Waals surface area (Å²) < 4.78 is 15.1. The first kappa shape index (κ1) is 12.4. The highest BCUT2D eigenvalue weighted by molar-refractivity contribution is 5.73. The molecule has 2 aromatic rings. The number of rotatable bonds is 5. The predicted octanol–water partition coefficient (Wildman–Crippen LogP) is 2.23. The molecule has 94 valence electrons. The molecule has 18 heavy (non-hydrogen) atoms. The number of halogens is 1. The molecule has 0 unspecified atom stereocenters. The van der Waals surface area contributed by atoms with Crippen molar-refractivity contribution in [2.75, 3.05) is 0 Å². The first-order valence-electron chi connectivity index (χ1n) is 5.87. The number of aldehydes is 1. The molecule has 0 spiro atoms. The van der Waals surface area contributed by atoms with Gasteiger partial charge >= 0.3 is 0 Å². The van der Waals surface area contributed by atoms with Crippen molar-refractivity contribution in [3.63, 3.8) is 0 Å². The topological polar surface area (TPSA) is 47.8 Å². The lowest BCUT2D eigenvalue weighted by atomic mass is 10.2. The van der Waals surface area contributed by atoms with E-state index in [0.29, 0.717) is 30.5 Å². The Kier molecular flexibility index (Phi) is 3.82. The standard InChI is InChI=1S/C13H14FN3O/c1-2-5-13-12(9-18)15-16-17(13)8-10-6-3-4-7-11(10)14/h3-4,6-7,9H,2,5,8H2,1H3. The second-order valence-corrected chi connectivity index (χ2v) is 4.04. The Morgan fingerprint density at radius 3 is 2.83 bits per heavy atom. The molecule has 0 N–H and O–H groups in total. The Balaban J connectivity index is 2.31. The smallest absolute Gasteiger partial charge is 0.172 e. The van der Waals surface area contributed by atoms with Gasteiger partial charge in [-0.3, -0.25) is 4.79 Å². The number of carbonyl (C=O) groups excluding carboxylic acids is 1. The quantitative estimate of drug-likeness (QED) is 0.761. The van der Waals surface area contributed by atoms with Crippen LogP contribution in [-0.4, -0.2) is 21.3 Å². The molecule has 2 rings (SSSR count). The van der Waals surface area contributed by atoms with E-state index >= 15 is 0 Å². The van der Waals surface area contributed by atoms with E-state index in [0.717, 1.165) is 12.1 Å². The summed E-state index contributed by atoms with van der Waals surface area (Å²) in [6, 6.07) is 6.53. The monoisotopic (exact) mass is 247 g/mol.